The second-order valence-corrected chi connectivity index (χ2v) is 9.96. The first-order valence-corrected chi connectivity index (χ1v) is 11.7. The first kappa shape index (κ1) is 21.2. The highest BCUT2D eigenvalue weighted by Crippen LogP contribution is 2.30. The first-order chi connectivity index (χ1) is 13.9. The molecule has 0 spiro atoms. The predicted octanol–water partition coefficient (Wildman–Crippen LogP) is 5.64. The minimum Gasteiger partial charge on any atom is -0.497 e. The van der Waals surface area contributed by atoms with Gasteiger partial charge in [-0.05, 0) is 73.0 Å². The van der Waals surface area contributed by atoms with Crippen LogP contribution in [-0.2, 0) is 21.1 Å². The molecule has 0 saturated carbocycles. The Morgan fingerprint density at radius 1 is 0.828 bits per heavy atom. The van der Waals surface area contributed by atoms with Crippen LogP contribution in [0.3, 0.4) is 0 Å². The van der Waals surface area contributed by atoms with E-state index in [1.807, 2.05) is 73.9 Å². The maximum Gasteiger partial charge on any atom is 0.148 e. The van der Waals surface area contributed by atoms with Crippen molar-refractivity contribution in [2.24, 2.45) is 0 Å². The van der Waals surface area contributed by atoms with Crippen LogP contribution in [0.15, 0.2) is 88.0 Å². The van der Waals surface area contributed by atoms with Crippen LogP contribution in [0.25, 0.3) is 10.2 Å². The second-order valence-electron chi connectivity index (χ2n) is 6.57. The number of sulfonamides is 1. The van der Waals surface area contributed by atoms with Crippen LogP contribution in [-0.4, -0.2) is 15.5 Å². The lowest BCUT2D eigenvalue weighted by Crippen LogP contribution is -2.07. The highest BCUT2D eigenvalue weighted by atomic mass is 32.3. The highest BCUT2D eigenvalue weighted by molar-refractivity contribution is 8.16. The van der Waals surface area contributed by atoms with Crippen molar-refractivity contribution < 1.29 is 13.2 Å². The Kier molecular flexibility index (Phi) is 6.79. The van der Waals surface area contributed by atoms with Crippen molar-refractivity contribution in [2.75, 3.05) is 7.11 Å². The minimum atomic E-state index is -3.78. The molecule has 0 aliphatic carbocycles. The Morgan fingerprint density at radius 2 is 1.38 bits per heavy atom. The molecule has 4 nitrogen and oxygen atoms in total. The van der Waals surface area contributed by atoms with Crippen molar-refractivity contribution in [1.82, 2.24) is 0 Å². The van der Waals surface area contributed by atoms with E-state index in [9.17, 15) is 8.42 Å². The molecule has 0 radical (unpaired) electrons. The third kappa shape index (κ3) is 5.73. The highest BCUT2D eigenvalue weighted by Gasteiger charge is 2.17. The molecule has 1 unspecified atom stereocenters. The van der Waals surface area contributed by atoms with Crippen molar-refractivity contribution in [3.05, 3.63) is 99.0 Å². The monoisotopic (exact) mass is 425 g/mol. The Balaban J connectivity index is 1.91. The van der Waals surface area contributed by atoms with Crippen LogP contribution in [0.5, 0.6) is 5.75 Å². The number of nitrogens with zero attached hydrogens (tertiary/aromatic N) is 1. The Labute approximate surface area is 175 Å². The molecule has 3 aromatic rings. The number of aryl methyl sites for hydroxylation is 2. The van der Waals surface area contributed by atoms with Gasteiger partial charge in [-0.1, -0.05) is 47.5 Å². The molecule has 3 rings (SSSR count). The summed E-state index contributed by atoms with van der Waals surface area (Å²) in [6.45, 7) is 3.91. The second kappa shape index (κ2) is 9.31. The normalized spacial score (nSPS) is 12.8. The van der Waals surface area contributed by atoms with Gasteiger partial charge in [-0.3, -0.25) is 0 Å². The molecule has 0 aliphatic heterocycles. The molecule has 29 heavy (non-hydrogen) atoms. The fourth-order valence-electron chi connectivity index (χ4n) is 2.54. The summed E-state index contributed by atoms with van der Waals surface area (Å²) < 4.78 is 35.2. The lowest BCUT2D eigenvalue weighted by atomic mass is 10.2. The molecule has 3 aromatic carbocycles. The topological polar surface area (TPSA) is 57.5 Å². The summed E-state index contributed by atoms with van der Waals surface area (Å²) in [5.41, 5.74) is 3.05. The van der Waals surface area contributed by atoms with E-state index in [0.717, 1.165) is 27.3 Å². The quantitative estimate of drug-likeness (QED) is 0.461. The molecule has 0 saturated heterocycles. The zero-order valence-corrected chi connectivity index (χ0v) is 18.2. The molecule has 6 heteroatoms. The fourth-order valence-corrected chi connectivity index (χ4v) is 5.61. The zero-order chi connectivity index (χ0) is 20.9. The first-order valence-electron chi connectivity index (χ1n) is 9.04. The standard InChI is InChI=1S/C23H23NO3S2/c1-18-4-12-22(13-5-18)28(17-16-20-8-10-21(27-3)11-9-20)24-29(25,26)23-14-6-19(2)7-15-23/h4-17H,1-3H3/b17-16+. The summed E-state index contributed by atoms with van der Waals surface area (Å²) in [4.78, 5) is 1.04. The lowest BCUT2D eigenvalue weighted by molar-refractivity contribution is 0.415. The van der Waals surface area contributed by atoms with Gasteiger partial charge in [0.15, 0.2) is 0 Å². The van der Waals surface area contributed by atoms with E-state index in [0.29, 0.717) is 0 Å². The maximum absolute atomic E-state index is 12.9. The third-order valence-corrected chi connectivity index (χ3v) is 7.71. The Bertz CT molecular complexity index is 1070. The Hall–Kier alpha value is -2.54. The van der Waals surface area contributed by atoms with Crippen molar-refractivity contribution in [2.45, 2.75) is 23.6 Å². The summed E-state index contributed by atoms with van der Waals surface area (Å²) in [5, 5.41) is 1.83. The van der Waals surface area contributed by atoms with Gasteiger partial charge < -0.3 is 8.86 Å². The van der Waals surface area contributed by atoms with Crippen LogP contribution in [0, 0.1) is 13.8 Å². The summed E-state index contributed by atoms with van der Waals surface area (Å²) in [6.07, 6.45) is 1.89. The van der Waals surface area contributed by atoms with E-state index in [1.54, 1.807) is 31.4 Å². The van der Waals surface area contributed by atoms with Crippen LogP contribution >= 0.6 is 0 Å². The van der Waals surface area contributed by atoms with E-state index < -0.39 is 21.1 Å². The molecule has 0 aromatic heterocycles. The largest absolute Gasteiger partial charge is 0.497 e. The smallest absolute Gasteiger partial charge is 0.148 e. The zero-order valence-electron chi connectivity index (χ0n) is 16.6. The minimum absolute atomic E-state index is 0.200. The average molecular weight is 426 g/mol. The molecular weight excluding hydrogens is 402 g/mol. The van der Waals surface area contributed by atoms with Gasteiger partial charge in [0.05, 0.1) is 12.0 Å². The van der Waals surface area contributed by atoms with E-state index in [2.05, 4.69) is 4.13 Å². The van der Waals surface area contributed by atoms with E-state index in [-0.39, 0.29) is 4.90 Å². The van der Waals surface area contributed by atoms with Gasteiger partial charge in [0, 0.05) is 0 Å². The van der Waals surface area contributed by atoms with Gasteiger partial charge in [0.25, 0.3) is 0 Å². The van der Waals surface area contributed by atoms with Crippen LogP contribution in [0.4, 0.5) is 0 Å². The van der Waals surface area contributed by atoms with E-state index in [1.165, 1.54) is 0 Å². The van der Waals surface area contributed by atoms with Gasteiger partial charge >= 0.3 is 0 Å². The molecule has 0 N–H and O–H groups in total. The number of hydrogen-bond acceptors (Lipinski definition) is 3. The molecule has 0 amide bonds. The van der Waals surface area contributed by atoms with Gasteiger partial charge in [-0.2, -0.15) is 0 Å². The Morgan fingerprint density at radius 3 is 1.93 bits per heavy atom. The fraction of sp³-hybridized carbons (Fsp3) is 0.130. The molecule has 150 valence electrons. The lowest BCUT2D eigenvalue weighted by Gasteiger charge is -2.19. The number of hydrogen-bond donors (Lipinski definition) is 0. The third-order valence-electron chi connectivity index (χ3n) is 4.26. The van der Waals surface area contributed by atoms with Gasteiger partial charge in [0.1, 0.15) is 26.1 Å². The summed E-state index contributed by atoms with van der Waals surface area (Å²) in [5.74, 6) is 0.770. The number of methoxy groups -OCH3 is 1. The van der Waals surface area contributed by atoms with Crippen molar-refractivity contribution in [3.63, 3.8) is 0 Å². The number of rotatable bonds is 7. The summed E-state index contributed by atoms with van der Waals surface area (Å²) in [7, 11) is -2.16. The number of benzene rings is 3. The SMILES string of the molecule is COc1ccc(/C=C/[S+]([N-]S(=O)(=O)c2ccc(C)cc2)c2ccc(C)cc2)cc1. The van der Waals surface area contributed by atoms with Crippen LogP contribution in [0.1, 0.15) is 16.7 Å². The van der Waals surface area contributed by atoms with E-state index in [4.69, 9.17) is 4.74 Å². The van der Waals surface area contributed by atoms with E-state index >= 15 is 0 Å². The van der Waals surface area contributed by atoms with Crippen LogP contribution in [0.2, 0.25) is 0 Å². The summed E-state index contributed by atoms with van der Waals surface area (Å²) in [6, 6.07) is 22.1. The molecular formula is C23H23NO3S2. The number of ether oxygens (including phenoxy) is 1. The summed E-state index contributed by atoms with van der Waals surface area (Å²) >= 11 is -0.954. The van der Waals surface area contributed by atoms with Crippen molar-refractivity contribution >= 4 is 27.2 Å². The predicted molar refractivity (Wildman–Crippen MR) is 121 cm³/mol. The molecule has 0 fully saturated rings. The molecule has 0 bridgehead atoms. The van der Waals surface area contributed by atoms with Gasteiger partial charge in [-0.25, -0.2) is 8.42 Å². The molecule has 0 heterocycles. The maximum atomic E-state index is 12.9. The molecule has 1 atom stereocenters. The van der Waals surface area contributed by atoms with Crippen LogP contribution < -0.4 is 4.74 Å². The van der Waals surface area contributed by atoms with Crippen molar-refractivity contribution in [3.8, 4) is 5.75 Å². The molecule has 0 aliphatic rings. The van der Waals surface area contributed by atoms with Gasteiger partial charge in [0.2, 0.25) is 0 Å². The van der Waals surface area contributed by atoms with Gasteiger partial charge in [-0.15, -0.1) is 0 Å². The van der Waals surface area contributed by atoms with Crippen molar-refractivity contribution in [1.29, 1.82) is 0 Å². The average Bonchev–Trinajstić information content (AvgIpc) is 2.72.